The molecular formula is C48H49NO. The summed E-state index contributed by atoms with van der Waals surface area (Å²) >= 11 is 0. The summed E-state index contributed by atoms with van der Waals surface area (Å²) in [7, 11) is 0. The van der Waals surface area contributed by atoms with E-state index in [0.29, 0.717) is 5.41 Å². The van der Waals surface area contributed by atoms with Crippen LogP contribution in [0, 0.1) is 17.8 Å². The Bertz CT molecular complexity index is 2080. The van der Waals surface area contributed by atoms with Crippen LogP contribution in [0.3, 0.4) is 0 Å². The average molecular weight is 656 g/mol. The van der Waals surface area contributed by atoms with Crippen LogP contribution in [0.15, 0.2) is 126 Å². The number of hydrogen-bond acceptors (Lipinski definition) is 2. The van der Waals surface area contributed by atoms with Gasteiger partial charge < -0.3 is 9.32 Å². The van der Waals surface area contributed by atoms with Crippen LogP contribution in [-0.2, 0) is 10.8 Å². The Morgan fingerprint density at radius 2 is 0.980 bits per heavy atom. The third kappa shape index (κ3) is 5.12. The fraction of sp³-hybridized carbons (Fsp3) is 0.375. The SMILES string of the molecule is c1ccc(C2(c3ccc(N(c4ccc(C56CC7CC(CC(C7)C5)C6)cc4)c4ccc5c(c4)oc4ccccc45)cc3)CCCCCCC2)cc1. The van der Waals surface area contributed by atoms with E-state index in [4.69, 9.17) is 4.42 Å². The lowest BCUT2D eigenvalue weighted by molar-refractivity contribution is -0.00518. The lowest BCUT2D eigenvalue weighted by atomic mass is 9.48. The van der Waals surface area contributed by atoms with Crippen LogP contribution in [0.1, 0.15) is 100 Å². The summed E-state index contributed by atoms with van der Waals surface area (Å²) in [6.07, 6.45) is 17.7. The Morgan fingerprint density at radius 3 is 1.64 bits per heavy atom. The third-order valence-corrected chi connectivity index (χ3v) is 13.6. The normalized spacial score (nSPS) is 25.8. The molecule has 0 spiro atoms. The van der Waals surface area contributed by atoms with Crippen molar-refractivity contribution in [2.45, 2.75) is 94.3 Å². The molecule has 50 heavy (non-hydrogen) atoms. The molecule has 11 rings (SSSR count). The molecule has 5 fully saturated rings. The predicted molar refractivity (Wildman–Crippen MR) is 208 cm³/mol. The number of rotatable bonds is 6. The van der Waals surface area contributed by atoms with E-state index in [1.165, 1.54) is 117 Å². The molecule has 5 aliphatic carbocycles. The van der Waals surface area contributed by atoms with Crippen molar-refractivity contribution in [3.05, 3.63) is 138 Å². The summed E-state index contributed by atoms with van der Waals surface area (Å²) in [4.78, 5) is 2.45. The predicted octanol–water partition coefficient (Wildman–Crippen LogP) is 13.6. The minimum atomic E-state index is 0.0672. The molecule has 2 heteroatoms. The largest absolute Gasteiger partial charge is 0.456 e. The van der Waals surface area contributed by atoms with E-state index >= 15 is 0 Å². The van der Waals surface area contributed by atoms with Gasteiger partial charge in [0.15, 0.2) is 0 Å². The van der Waals surface area contributed by atoms with Gasteiger partial charge in [-0.15, -0.1) is 0 Å². The Balaban J connectivity index is 1.06. The minimum Gasteiger partial charge on any atom is -0.456 e. The fourth-order valence-corrected chi connectivity index (χ4v) is 11.7. The van der Waals surface area contributed by atoms with Crippen LogP contribution < -0.4 is 4.90 Å². The number of benzene rings is 5. The maximum Gasteiger partial charge on any atom is 0.137 e. The monoisotopic (exact) mass is 655 g/mol. The Labute approximate surface area is 297 Å². The number of nitrogens with zero attached hydrogens (tertiary/aromatic N) is 1. The first-order chi connectivity index (χ1) is 24.7. The van der Waals surface area contributed by atoms with Crippen molar-refractivity contribution in [3.63, 3.8) is 0 Å². The van der Waals surface area contributed by atoms with Crippen molar-refractivity contribution in [1.82, 2.24) is 0 Å². The van der Waals surface area contributed by atoms with E-state index < -0.39 is 0 Å². The minimum absolute atomic E-state index is 0.0672. The Kier molecular flexibility index (Phi) is 7.44. The van der Waals surface area contributed by atoms with Gasteiger partial charge in [-0.05, 0) is 134 Å². The van der Waals surface area contributed by atoms with Crippen LogP contribution in [0.4, 0.5) is 17.1 Å². The van der Waals surface area contributed by atoms with Crippen LogP contribution in [0.5, 0.6) is 0 Å². The molecule has 5 aromatic carbocycles. The molecule has 1 aromatic heterocycles. The zero-order valence-electron chi connectivity index (χ0n) is 29.3. The highest BCUT2D eigenvalue weighted by Gasteiger charge is 2.51. The van der Waals surface area contributed by atoms with Gasteiger partial charge in [-0.3, -0.25) is 0 Å². The molecule has 6 aromatic rings. The Hall–Kier alpha value is -4.30. The van der Waals surface area contributed by atoms with Gasteiger partial charge >= 0.3 is 0 Å². The molecule has 0 atom stereocenters. The molecule has 2 nitrogen and oxygen atoms in total. The highest BCUT2D eigenvalue weighted by molar-refractivity contribution is 6.06. The molecule has 0 N–H and O–H groups in total. The first-order valence-corrected chi connectivity index (χ1v) is 19.6. The molecule has 0 saturated heterocycles. The van der Waals surface area contributed by atoms with Gasteiger partial charge in [0.2, 0.25) is 0 Å². The second-order valence-electron chi connectivity index (χ2n) is 16.6. The van der Waals surface area contributed by atoms with Gasteiger partial charge in [0, 0.05) is 39.3 Å². The number of anilines is 3. The molecule has 252 valence electrons. The first kappa shape index (κ1) is 30.5. The first-order valence-electron chi connectivity index (χ1n) is 19.6. The van der Waals surface area contributed by atoms with E-state index in [9.17, 15) is 0 Å². The van der Waals surface area contributed by atoms with E-state index in [1.54, 1.807) is 5.56 Å². The zero-order valence-corrected chi connectivity index (χ0v) is 29.3. The van der Waals surface area contributed by atoms with Gasteiger partial charge in [-0.1, -0.05) is 105 Å². The summed E-state index contributed by atoms with van der Waals surface area (Å²) in [5, 5.41) is 2.35. The van der Waals surface area contributed by atoms with E-state index in [2.05, 4.69) is 126 Å². The standard InChI is InChI=1S/C48H49NO/c1-2-9-25-48(26-10-3-1,38-11-5-4-6-12-38)39-17-21-41(22-18-39)49(42-23-24-44-43-13-7-8-14-45(43)50-46(44)30-42)40-19-15-37(16-20-40)47-31-34-27-35(32-47)29-36(28-34)33-47/h4-8,11-24,30,34-36H,1-3,9-10,25-29,31-33H2. The van der Waals surface area contributed by atoms with Crippen LogP contribution in [-0.4, -0.2) is 0 Å². The number of fused-ring (bicyclic) bond motifs is 3. The third-order valence-electron chi connectivity index (χ3n) is 13.6. The summed E-state index contributed by atoms with van der Waals surface area (Å²) in [5.41, 5.74) is 10.4. The van der Waals surface area contributed by atoms with Crippen molar-refractivity contribution >= 4 is 39.0 Å². The fourth-order valence-electron chi connectivity index (χ4n) is 11.7. The Morgan fingerprint density at radius 1 is 0.460 bits per heavy atom. The number of para-hydroxylation sites is 1. The maximum absolute atomic E-state index is 6.43. The molecule has 0 amide bonds. The summed E-state index contributed by atoms with van der Waals surface area (Å²) in [6.45, 7) is 0. The molecule has 5 saturated carbocycles. The molecule has 0 unspecified atom stereocenters. The smallest absolute Gasteiger partial charge is 0.137 e. The average Bonchev–Trinajstić information content (AvgIpc) is 3.50. The highest BCUT2D eigenvalue weighted by atomic mass is 16.3. The van der Waals surface area contributed by atoms with Crippen LogP contribution in [0.2, 0.25) is 0 Å². The molecule has 1 heterocycles. The quantitative estimate of drug-likeness (QED) is 0.178. The molecule has 0 radical (unpaired) electrons. The number of furan rings is 1. The lowest BCUT2D eigenvalue weighted by Gasteiger charge is -2.57. The van der Waals surface area contributed by atoms with Gasteiger partial charge in [0.1, 0.15) is 11.2 Å². The number of hydrogen-bond donors (Lipinski definition) is 0. The van der Waals surface area contributed by atoms with Crippen molar-refractivity contribution in [3.8, 4) is 0 Å². The van der Waals surface area contributed by atoms with Crippen molar-refractivity contribution in [2.75, 3.05) is 4.90 Å². The summed E-state index contributed by atoms with van der Waals surface area (Å²) < 4.78 is 6.43. The van der Waals surface area contributed by atoms with E-state index in [0.717, 1.165) is 34.6 Å². The molecule has 5 aliphatic rings. The van der Waals surface area contributed by atoms with Crippen molar-refractivity contribution < 1.29 is 4.42 Å². The van der Waals surface area contributed by atoms with Crippen LogP contribution >= 0.6 is 0 Å². The van der Waals surface area contributed by atoms with Gasteiger partial charge in [0.05, 0.1) is 0 Å². The zero-order chi connectivity index (χ0) is 33.1. The van der Waals surface area contributed by atoms with Crippen molar-refractivity contribution in [1.29, 1.82) is 0 Å². The molecule has 0 aliphatic heterocycles. The highest BCUT2D eigenvalue weighted by Crippen LogP contribution is 2.61. The van der Waals surface area contributed by atoms with Gasteiger partial charge in [-0.2, -0.15) is 0 Å². The molecule has 4 bridgehead atoms. The topological polar surface area (TPSA) is 16.4 Å². The second-order valence-corrected chi connectivity index (χ2v) is 16.6. The lowest BCUT2D eigenvalue weighted by Crippen LogP contribution is -2.48. The summed E-state index contributed by atoms with van der Waals surface area (Å²) in [6, 6.07) is 46.0. The van der Waals surface area contributed by atoms with Crippen LogP contribution in [0.25, 0.3) is 21.9 Å². The van der Waals surface area contributed by atoms with Gasteiger partial charge in [0.25, 0.3) is 0 Å². The van der Waals surface area contributed by atoms with E-state index in [-0.39, 0.29) is 5.41 Å². The maximum atomic E-state index is 6.43. The molecular weight excluding hydrogens is 607 g/mol. The second kappa shape index (κ2) is 12.2. The van der Waals surface area contributed by atoms with E-state index in [1.807, 2.05) is 0 Å². The van der Waals surface area contributed by atoms with Gasteiger partial charge in [-0.25, -0.2) is 0 Å². The van der Waals surface area contributed by atoms with Crippen molar-refractivity contribution in [2.24, 2.45) is 17.8 Å². The summed E-state index contributed by atoms with van der Waals surface area (Å²) in [5.74, 6) is 2.84.